The van der Waals surface area contributed by atoms with Gasteiger partial charge in [-0.2, -0.15) is 0 Å². The van der Waals surface area contributed by atoms with Gasteiger partial charge in [0.05, 0.1) is 10.7 Å². The number of hydrogen-bond donors (Lipinski definition) is 2. The van der Waals surface area contributed by atoms with Gasteiger partial charge >= 0.3 is 0 Å². The highest BCUT2D eigenvalue weighted by atomic mass is 32.1. The maximum Gasteiger partial charge on any atom is 0.255 e. The Morgan fingerprint density at radius 2 is 1.58 bits per heavy atom. The van der Waals surface area contributed by atoms with Crippen LogP contribution in [0.1, 0.15) is 31.3 Å². The molecule has 0 aliphatic rings. The van der Waals surface area contributed by atoms with Gasteiger partial charge in [-0.3, -0.25) is 9.59 Å². The summed E-state index contributed by atoms with van der Waals surface area (Å²) >= 11 is 1.59. The zero-order chi connectivity index (χ0) is 21.8. The molecule has 1 aromatic heterocycles. The Balaban J connectivity index is 1.52. The van der Waals surface area contributed by atoms with E-state index >= 15 is 0 Å². The lowest BCUT2D eigenvalue weighted by atomic mass is 10.1. The van der Waals surface area contributed by atoms with E-state index in [2.05, 4.69) is 15.6 Å². The van der Waals surface area contributed by atoms with Crippen molar-refractivity contribution < 1.29 is 9.59 Å². The van der Waals surface area contributed by atoms with Crippen molar-refractivity contribution in [3.05, 3.63) is 99.9 Å². The lowest BCUT2D eigenvalue weighted by Gasteiger charge is -2.11. The van der Waals surface area contributed by atoms with Crippen LogP contribution in [0.15, 0.2) is 78.2 Å². The van der Waals surface area contributed by atoms with Gasteiger partial charge in [-0.1, -0.05) is 36.4 Å². The zero-order valence-corrected chi connectivity index (χ0v) is 18.0. The van der Waals surface area contributed by atoms with E-state index < -0.39 is 0 Å². The third-order valence-electron chi connectivity index (χ3n) is 4.82. The van der Waals surface area contributed by atoms with Crippen LogP contribution in [0.25, 0.3) is 11.3 Å². The molecule has 0 aliphatic heterocycles. The number of amides is 2. The number of hydrogen-bond acceptors (Lipinski definition) is 4. The highest BCUT2D eigenvalue weighted by Gasteiger charge is 2.12. The number of anilines is 2. The summed E-state index contributed by atoms with van der Waals surface area (Å²) in [6.07, 6.45) is 0. The van der Waals surface area contributed by atoms with Crippen LogP contribution in [0.4, 0.5) is 11.4 Å². The van der Waals surface area contributed by atoms with Crippen LogP contribution in [0.3, 0.4) is 0 Å². The van der Waals surface area contributed by atoms with Crippen LogP contribution >= 0.6 is 11.3 Å². The van der Waals surface area contributed by atoms with Crippen molar-refractivity contribution in [1.82, 2.24) is 4.98 Å². The van der Waals surface area contributed by atoms with E-state index in [1.54, 1.807) is 35.6 Å². The first-order chi connectivity index (χ1) is 15.0. The number of carbonyl (C=O) groups is 2. The van der Waals surface area contributed by atoms with Gasteiger partial charge in [0.25, 0.3) is 11.8 Å². The Bertz CT molecular complexity index is 1250. The van der Waals surface area contributed by atoms with Crippen LogP contribution in [-0.4, -0.2) is 16.8 Å². The van der Waals surface area contributed by atoms with E-state index in [-0.39, 0.29) is 11.8 Å². The number of aromatic nitrogens is 1. The summed E-state index contributed by atoms with van der Waals surface area (Å²) in [6.45, 7) is 3.85. The van der Waals surface area contributed by atoms with Crippen LogP contribution in [0.2, 0.25) is 0 Å². The number of benzene rings is 3. The average molecular weight is 428 g/mol. The minimum Gasteiger partial charge on any atom is -0.322 e. The third-order valence-corrected chi connectivity index (χ3v) is 5.59. The first kappa shape index (κ1) is 20.5. The van der Waals surface area contributed by atoms with Crippen molar-refractivity contribution in [2.75, 3.05) is 10.6 Å². The van der Waals surface area contributed by atoms with E-state index in [0.29, 0.717) is 22.5 Å². The largest absolute Gasteiger partial charge is 0.322 e. The predicted octanol–water partition coefficient (Wildman–Crippen LogP) is 5.93. The minimum absolute atomic E-state index is 0.215. The topological polar surface area (TPSA) is 71.1 Å². The average Bonchev–Trinajstić information content (AvgIpc) is 3.22. The summed E-state index contributed by atoms with van der Waals surface area (Å²) in [5.74, 6) is -0.464. The second-order valence-corrected chi connectivity index (χ2v) is 8.20. The molecule has 0 spiro atoms. The maximum absolute atomic E-state index is 12.8. The first-order valence-electron chi connectivity index (χ1n) is 9.80. The van der Waals surface area contributed by atoms with E-state index in [9.17, 15) is 9.59 Å². The summed E-state index contributed by atoms with van der Waals surface area (Å²) < 4.78 is 0. The Morgan fingerprint density at radius 3 is 2.32 bits per heavy atom. The quantitative estimate of drug-likeness (QED) is 0.415. The smallest absolute Gasteiger partial charge is 0.255 e. The van der Waals surface area contributed by atoms with Gasteiger partial charge in [0.2, 0.25) is 0 Å². The van der Waals surface area contributed by atoms with Crippen LogP contribution in [0, 0.1) is 13.8 Å². The third kappa shape index (κ3) is 4.87. The van der Waals surface area contributed by atoms with Gasteiger partial charge in [-0.05, 0) is 55.8 Å². The Kier molecular flexibility index (Phi) is 5.91. The number of carbonyl (C=O) groups excluding carboxylic acids is 2. The molecule has 0 radical (unpaired) electrons. The normalized spacial score (nSPS) is 10.5. The van der Waals surface area contributed by atoms with Crippen molar-refractivity contribution >= 4 is 34.5 Å². The van der Waals surface area contributed by atoms with Gasteiger partial charge in [0.15, 0.2) is 0 Å². The number of rotatable bonds is 5. The Labute approximate surface area is 184 Å². The van der Waals surface area contributed by atoms with Crippen molar-refractivity contribution in [2.45, 2.75) is 13.8 Å². The SMILES string of the molecule is Cc1nc(-c2cccc(NC(=O)c3ccc(C)c(NC(=O)c4ccccc4)c3)c2)cs1. The van der Waals surface area contributed by atoms with E-state index in [0.717, 1.165) is 21.8 Å². The molecular weight excluding hydrogens is 406 g/mol. The maximum atomic E-state index is 12.8. The predicted molar refractivity (Wildman–Crippen MR) is 126 cm³/mol. The fourth-order valence-electron chi connectivity index (χ4n) is 3.14. The molecule has 4 rings (SSSR count). The lowest BCUT2D eigenvalue weighted by molar-refractivity contribution is 0.101. The number of thiazole rings is 1. The molecule has 4 aromatic rings. The molecule has 1 heterocycles. The van der Waals surface area contributed by atoms with Gasteiger partial charge in [-0.15, -0.1) is 11.3 Å². The van der Waals surface area contributed by atoms with Gasteiger partial charge in [-0.25, -0.2) is 4.98 Å². The molecule has 0 fully saturated rings. The summed E-state index contributed by atoms with van der Waals surface area (Å²) in [6, 6.07) is 21.8. The Hall–Kier alpha value is -3.77. The molecular formula is C25H21N3O2S. The number of nitrogens with zero attached hydrogens (tertiary/aromatic N) is 1. The molecule has 2 N–H and O–H groups in total. The monoisotopic (exact) mass is 427 g/mol. The molecule has 0 aliphatic carbocycles. The molecule has 0 unspecified atom stereocenters. The van der Waals surface area contributed by atoms with E-state index in [1.165, 1.54) is 0 Å². The molecule has 31 heavy (non-hydrogen) atoms. The van der Waals surface area contributed by atoms with Gasteiger partial charge < -0.3 is 10.6 Å². The standard InChI is InChI=1S/C25H21N3O2S/c1-16-11-12-20(14-22(16)28-24(29)18-7-4-3-5-8-18)25(30)27-21-10-6-9-19(13-21)23-15-31-17(2)26-23/h3-15H,1-2H3,(H,27,30)(H,28,29). The van der Waals surface area contributed by atoms with Crippen molar-refractivity contribution in [3.63, 3.8) is 0 Å². The summed E-state index contributed by atoms with van der Waals surface area (Å²) in [5, 5.41) is 8.82. The molecule has 5 nitrogen and oxygen atoms in total. The fraction of sp³-hybridized carbons (Fsp3) is 0.0800. The number of nitrogens with one attached hydrogen (secondary N) is 2. The van der Waals surface area contributed by atoms with Crippen molar-refractivity contribution in [3.8, 4) is 11.3 Å². The Morgan fingerprint density at radius 1 is 0.806 bits per heavy atom. The molecule has 0 saturated heterocycles. The van der Waals surface area contributed by atoms with Gasteiger partial charge in [0.1, 0.15) is 0 Å². The van der Waals surface area contributed by atoms with Crippen LogP contribution in [-0.2, 0) is 0 Å². The molecule has 0 bridgehead atoms. The van der Waals surface area contributed by atoms with Crippen molar-refractivity contribution in [2.24, 2.45) is 0 Å². The highest BCUT2D eigenvalue weighted by Crippen LogP contribution is 2.25. The first-order valence-corrected chi connectivity index (χ1v) is 10.7. The second-order valence-electron chi connectivity index (χ2n) is 7.14. The molecule has 2 amide bonds. The summed E-state index contributed by atoms with van der Waals surface area (Å²) in [7, 11) is 0. The minimum atomic E-state index is -0.248. The van der Waals surface area contributed by atoms with Crippen LogP contribution < -0.4 is 10.6 Å². The molecule has 6 heteroatoms. The molecule has 154 valence electrons. The number of aryl methyl sites for hydroxylation is 2. The second kappa shape index (κ2) is 8.93. The van der Waals surface area contributed by atoms with Crippen LogP contribution in [0.5, 0.6) is 0 Å². The molecule has 0 saturated carbocycles. The fourth-order valence-corrected chi connectivity index (χ4v) is 3.76. The molecule has 3 aromatic carbocycles. The van der Waals surface area contributed by atoms with E-state index in [1.807, 2.05) is 67.8 Å². The van der Waals surface area contributed by atoms with Crippen molar-refractivity contribution in [1.29, 1.82) is 0 Å². The summed E-state index contributed by atoms with van der Waals surface area (Å²) in [4.78, 5) is 29.8. The van der Waals surface area contributed by atoms with Gasteiger partial charge in [0, 0.05) is 33.4 Å². The van der Waals surface area contributed by atoms with E-state index in [4.69, 9.17) is 0 Å². The lowest BCUT2D eigenvalue weighted by Crippen LogP contribution is -2.15. The highest BCUT2D eigenvalue weighted by molar-refractivity contribution is 7.09. The zero-order valence-electron chi connectivity index (χ0n) is 17.2. The molecule has 0 atom stereocenters. The summed E-state index contributed by atoms with van der Waals surface area (Å²) in [5.41, 5.74) is 5.02.